The van der Waals surface area contributed by atoms with Crippen molar-refractivity contribution in [1.82, 2.24) is 15.0 Å². The lowest BCUT2D eigenvalue weighted by molar-refractivity contribution is 0.0929. The number of aromatic nitrogens is 3. The minimum Gasteiger partial charge on any atom is -0.481 e. The van der Waals surface area contributed by atoms with Gasteiger partial charge in [0.05, 0.1) is 29.8 Å². The number of nitrogens with zero attached hydrogens (tertiary/aromatic N) is 3. The van der Waals surface area contributed by atoms with E-state index in [1.807, 2.05) is 18.2 Å². The van der Waals surface area contributed by atoms with Crippen LogP contribution in [0.15, 0.2) is 42.3 Å². The molecule has 144 valence electrons. The molecule has 0 aromatic carbocycles. The van der Waals surface area contributed by atoms with Crippen LogP contribution in [0.2, 0.25) is 0 Å². The van der Waals surface area contributed by atoms with Crippen molar-refractivity contribution in [3.63, 3.8) is 0 Å². The van der Waals surface area contributed by atoms with Gasteiger partial charge in [0.1, 0.15) is 5.83 Å². The maximum absolute atomic E-state index is 14.1. The summed E-state index contributed by atoms with van der Waals surface area (Å²) in [4.78, 5) is 25.7. The summed E-state index contributed by atoms with van der Waals surface area (Å²) in [5.74, 6) is -0.0817. The highest BCUT2D eigenvalue weighted by atomic mass is 19.1. The Balaban J connectivity index is 1.70. The standard InChI is InChI=1S/C21H21FN4O2/c1-11-20-17(26-21(23)24-11)8-12(9-18(20)27)14-7-6-13(22)10-15(14)16-4-3-5-19(25-16)28-2/h3-7,10,12,14-15H,8-9H2,1-2H3,(H2,23,24,26)/t12-,14?,15?/m1/s1. The number of rotatable bonds is 3. The van der Waals surface area contributed by atoms with E-state index in [0.717, 1.165) is 0 Å². The largest absolute Gasteiger partial charge is 0.481 e. The molecule has 2 N–H and O–H groups in total. The Morgan fingerprint density at radius 1 is 1.21 bits per heavy atom. The number of hydrogen-bond donors (Lipinski definition) is 1. The number of allylic oxidation sites excluding steroid dienone is 4. The number of halogens is 1. The van der Waals surface area contributed by atoms with Crippen LogP contribution in [0.5, 0.6) is 5.88 Å². The highest BCUT2D eigenvalue weighted by molar-refractivity contribution is 5.99. The van der Waals surface area contributed by atoms with Crippen LogP contribution in [0.4, 0.5) is 10.3 Å². The average molecular weight is 380 g/mol. The Bertz CT molecular complexity index is 1000. The van der Waals surface area contributed by atoms with Gasteiger partial charge in [-0.05, 0) is 43.4 Å². The zero-order chi connectivity index (χ0) is 19.8. The Morgan fingerprint density at radius 3 is 2.82 bits per heavy atom. The van der Waals surface area contributed by atoms with Gasteiger partial charge in [-0.3, -0.25) is 4.79 Å². The topological polar surface area (TPSA) is 91.0 Å². The lowest BCUT2D eigenvalue weighted by atomic mass is 9.70. The molecule has 0 saturated carbocycles. The number of ketones is 1. The third-order valence-corrected chi connectivity index (χ3v) is 5.44. The molecule has 28 heavy (non-hydrogen) atoms. The van der Waals surface area contributed by atoms with Gasteiger partial charge in [-0.2, -0.15) is 0 Å². The van der Waals surface area contributed by atoms with Gasteiger partial charge in [-0.25, -0.2) is 19.3 Å². The minimum absolute atomic E-state index is 0.00419. The van der Waals surface area contributed by atoms with Crippen molar-refractivity contribution in [2.24, 2.45) is 11.8 Å². The highest BCUT2D eigenvalue weighted by Gasteiger charge is 2.37. The zero-order valence-corrected chi connectivity index (χ0v) is 15.7. The van der Waals surface area contributed by atoms with Gasteiger partial charge >= 0.3 is 0 Å². The Kier molecular flexibility index (Phi) is 4.66. The number of anilines is 1. The molecule has 6 nitrogen and oxygen atoms in total. The number of ether oxygens (including phenoxy) is 1. The SMILES string of the molecule is COc1cccc(C2C=C(F)C=CC2[C@H]2CC(=O)c3c(C)nc(N)nc3C2)n1. The van der Waals surface area contributed by atoms with Crippen LogP contribution in [0.1, 0.15) is 39.8 Å². The van der Waals surface area contributed by atoms with Crippen LogP contribution in [0.3, 0.4) is 0 Å². The van der Waals surface area contributed by atoms with E-state index in [2.05, 4.69) is 15.0 Å². The lowest BCUT2D eigenvalue weighted by Gasteiger charge is -2.34. The maximum atomic E-state index is 14.1. The fraction of sp³-hybridized carbons (Fsp3) is 0.333. The first kappa shape index (κ1) is 18.3. The van der Waals surface area contributed by atoms with Gasteiger partial charge in [-0.15, -0.1) is 0 Å². The number of carbonyl (C=O) groups excluding carboxylic acids is 1. The summed E-state index contributed by atoms with van der Waals surface area (Å²) in [7, 11) is 1.55. The first-order valence-electron chi connectivity index (χ1n) is 9.19. The molecule has 0 radical (unpaired) electrons. The summed E-state index contributed by atoms with van der Waals surface area (Å²) in [5.41, 5.74) is 8.36. The summed E-state index contributed by atoms with van der Waals surface area (Å²) in [6, 6.07) is 5.44. The van der Waals surface area contributed by atoms with Crippen LogP contribution < -0.4 is 10.5 Å². The predicted molar refractivity (Wildman–Crippen MR) is 103 cm³/mol. The van der Waals surface area contributed by atoms with Crippen LogP contribution in [0.25, 0.3) is 0 Å². The van der Waals surface area contributed by atoms with Crippen molar-refractivity contribution in [2.75, 3.05) is 12.8 Å². The van der Waals surface area contributed by atoms with E-state index >= 15 is 0 Å². The normalized spacial score (nSPS) is 23.9. The molecule has 2 aliphatic rings. The summed E-state index contributed by atoms with van der Waals surface area (Å²) < 4.78 is 19.3. The van der Waals surface area contributed by atoms with E-state index in [9.17, 15) is 9.18 Å². The third-order valence-electron chi connectivity index (χ3n) is 5.44. The molecule has 2 unspecified atom stereocenters. The molecule has 2 aromatic heterocycles. The molecule has 0 fully saturated rings. The first-order valence-corrected chi connectivity index (χ1v) is 9.19. The van der Waals surface area contributed by atoms with Gasteiger partial charge in [0, 0.05) is 18.4 Å². The number of methoxy groups -OCH3 is 1. The summed E-state index contributed by atoms with van der Waals surface area (Å²) in [6.45, 7) is 1.77. The van der Waals surface area contributed by atoms with Gasteiger partial charge in [0.15, 0.2) is 5.78 Å². The van der Waals surface area contributed by atoms with E-state index in [4.69, 9.17) is 10.5 Å². The van der Waals surface area contributed by atoms with Crippen molar-refractivity contribution in [3.8, 4) is 5.88 Å². The summed E-state index contributed by atoms with van der Waals surface area (Å²) in [5, 5.41) is 0. The number of Topliss-reactive ketones (excluding diaryl/α,β-unsaturated/α-hetero) is 1. The molecule has 0 aliphatic heterocycles. The van der Waals surface area contributed by atoms with Crippen molar-refractivity contribution < 1.29 is 13.9 Å². The van der Waals surface area contributed by atoms with Gasteiger partial charge < -0.3 is 10.5 Å². The monoisotopic (exact) mass is 380 g/mol. The number of pyridine rings is 1. The predicted octanol–water partition coefficient (Wildman–Crippen LogP) is 3.34. The Morgan fingerprint density at radius 2 is 2.04 bits per heavy atom. The fourth-order valence-corrected chi connectivity index (χ4v) is 4.22. The van der Waals surface area contributed by atoms with Crippen molar-refractivity contribution in [1.29, 1.82) is 0 Å². The average Bonchev–Trinajstić information content (AvgIpc) is 2.67. The highest BCUT2D eigenvalue weighted by Crippen LogP contribution is 2.42. The molecule has 0 spiro atoms. The molecular weight excluding hydrogens is 359 g/mol. The molecule has 2 heterocycles. The van der Waals surface area contributed by atoms with Crippen molar-refractivity contribution in [2.45, 2.75) is 25.7 Å². The van der Waals surface area contributed by atoms with E-state index in [1.54, 1.807) is 26.2 Å². The van der Waals surface area contributed by atoms with E-state index in [-0.39, 0.29) is 35.3 Å². The second-order valence-corrected chi connectivity index (χ2v) is 7.20. The number of hydrogen-bond acceptors (Lipinski definition) is 6. The number of nitrogen functional groups attached to an aromatic ring is 1. The number of fused-ring (bicyclic) bond motifs is 1. The minimum atomic E-state index is -0.309. The molecule has 2 aliphatic carbocycles. The Hall–Kier alpha value is -3.09. The van der Waals surface area contributed by atoms with Crippen LogP contribution >= 0.6 is 0 Å². The smallest absolute Gasteiger partial charge is 0.220 e. The molecule has 0 bridgehead atoms. The molecule has 4 rings (SSSR count). The van der Waals surface area contributed by atoms with Gasteiger partial charge in [-0.1, -0.05) is 12.1 Å². The molecular formula is C21H21FN4O2. The second-order valence-electron chi connectivity index (χ2n) is 7.20. The zero-order valence-electron chi connectivity index (χ0n) is 15.7. The first-order chi connectivity index (χ1) is 13.5. The molecule has 3 atom stereocenters. The van der Waals surface area contributed by atoms with E-state index in [0.29, 0.717) is 41.4 Å². The molecule has 0 saturated heterocycles. The fourth-order valence-electron chi connectivity index (χ4n) is 4.22. The van der Waals surface area contributed by atoms with Gasteiger partial charge in [0.25, 0.3) is 0 Å². The molecule has 0 amide bonds. The molecule has 7 heteroatoms. The van der Waals surface area contributed by atoms with Crippen LogP contribution in [-0.4, -0.2) is 27.8 Å². The number of carbonyl (C=O) groups is 1. The van der Waals surface area contributed by atoms with Crippen molar-refractivity contribution in [3.05, 3.63) is 64.9 Å². The van der Waals surface area contributed by atoms with Crippen LogP contribution in [0, 0.1) is 18.8 Å². The number of nitrogens with two attached hydrogens (primary N) is 1. The Labute approximate surface area is 162 Å². The quantitative estimate of drug-likeness (QED) is 0.878. The summed E-state index contributed by atoms with van der Waals surface area (Å²) in [6.07, 6.45) is 5.79. The molecule has 2 aromatic rings. The van der Waals surface area contributed by atoms with Crippen molar-refractivity contribution >= 4 is 11.7 Å². The van der Waals surface area contributed by atoms with Crippen LogP contribution in [-0.2, 0) is 6.42 Å². The maximum Gasteiger partial charge on any atom is 0.220 e. The van der Waals surface area contributed by atoms with E-state index in [1.165, 1.54) is 6.08 Å². The second kappa shape index (κ2) is 7.14. The lowest BCUT2D eigenvalue weighted by Crippen LogP contribution is -2.31. The van der Waals surface area contributed by atoms with Gasteiger partial charge in [0.2, 0.25) is 11.8 Å². The van der Waals surface area contributed by atoms with E-state index < -0.39 is 0 Å². The summed E-state index contributed by atoms with van der Waals surface area (Å²) >= 11 is 0. The number of aryl methyl sites for hydroxylation is 1. The third kappa shape index (κ3) is 3.28.